The van der Waals surface area contributed by atoms with Crippen LogP contribution >= 0.6 is 0 Å². The fourth-order valence-corrected chi connectivity index (χ4v) is 4.46. The third-order valence-corrected chi connectivity index (χ3v) is 5.44. The molecule has 0 bridgehead atoms. The molecule has 108 valence electrons. The van der Waals surface area contributed by atoms with E-state index in [1.807, 2.05) is 0 Å². The summed E-state index contributed by atoms with van der Waals surface area (Å²) in [4.78, 5) is 0. The summed E-state index contributed by atoms with van der Waals surface area (Å²) < 4.78 is 0. The maximum Gasteiger partial charge on any atom is 0.0611 e. The second-order valence-electron chi connectivity index (χ2n) is 6.60. The highest BCUT2D eigenvalue weighted by molar-refractivity contribution is 5.63. The first-order valence-electron chi connectivity index (χ1n) is 8.31. The van der Waals surface area contributed by atoms with Crippen LogP contribution in [0.3, 0.4) is 0 Å². The van der Waals surface area contributed by atoms with Gasteiger partial charge in [-0.2, -0.15) is 0 Å². The van der Waals surface area contributed by atoms with Crippen LogP contribution in [0, 0.1) is 0 Å². The maximum absolute atomic E-state index is 3.84. The summed E-state index contributed by atoms with van der Waals surface area (Å²) in [5.74, 6) is 0. The summed E-state index contributed by atoms with van der Waals surface area (Å²) in [6, 6.07) is 20.5. The SMILES string of the molecule is c1ccc(C2Nc3ccccc3C23CCCCCC3)cc1. The highest BCUT2D eigenvalue weighted by Crippen LogP contribution is 2.55. The van der Waals surface area contributed by atoms with Crippen molar-refractivity contribution < 1.29 is 0 Å². The van der Waals surface area contributed by atoms with E-state index in [1.165, 1.54) is 49.8 Å². The Kier molecular flexibility index (Phi) is 3.21. The van der Waals surface area contributed by atoms with Crippen molar-refractivity contribution >= 4 is 5.69 Å². The number of fused-ring (bicyclic) bond motifs is 2. The van der Waals surface area contributed by atoms with Crippen LogP contribution in [0.15, 0.2) is 54.6 Å². The first-order chi connectivity index (χ1) is 10.4. The lowest BCUT2D eigenvalue weighted by atomic mass is 9.69. The molecule has 1 aliphatic carbocycles. The molecule has 1 fully saturated rings. The Balaban J connectivity index is 1.84. The van der Waals surface area contributed by atoms with Gasteiger partial charge >= 0.3 is 0 Å². The first kappa shape index (κ1) is 12.9. The van der Waals surface area contributed by atoms with Crippen LogP contribution in [-0.2, 0) is 5.41 Å². The standard InChI is InChI=1S/C20H23N/c1-2-9-15-20(14-8-1)17-12-6-7-13-18(17)21-19(20)16-10-4-3-5-11-16/h3-7,10-13,19,21H,1-2,8-9,14-15H2. The third-order valence-electron chi connectivity index (χ3n) is 5.44. The average Bonchev–Trinajstić information content (AvgIpc) is 2.69. The van der Waals surface area contributed by atoms with Gasteiger partial charge in [-0.05, 0) is 30.0 Å². The Morgan fingerprint density at radius 1 is 0.762 bits per heavy atom. The van der Waals surface area contributed by atoms with E-state index in [0.717, 1.165) is 0 Å². The number of anilines is 1. The van der Waals surface area contributed by atoms with E-state index in [0.29, 0.717) is 11.5 Å². The molecule has 0 aromatic heterocycles. The van der Waals surface area contributed by atoms with Crippen LogP contribution in [-0.4, -0.2) is 0 Å². The quantitative estimate of drug-likeness (QED) is 0.731. The summed E-state index contributed by atoms with van der Waals surface area (Å²) in [5.41, 5.74) is 4.65. The Bertz CT molecular complexity index is 609. The van der Waals surface area contributed by atoms with Crippen molar-refractivity contribution in [2.75, 3.05) is 5.32 Å². The molecule has 0 amide bonds. The number of nitrogens with one attached hydrogen (secondary N) is 1. The summed E-state index contributed by atoms with van der Waals surface area (Å²) >= 11 is 0. The molecule has 1 aliphatic heterocycles. The number of para-hydroxylation sites is 1. The zero-order chi connectivity index (χ0) is 14.1. The van der Waals surface area contributed by atoms with Gasteiger partial charge in [0.25, 0.3) is 0 Å². The smallest absolute Gasteiger partial charge is 0.0611 e. The Labute approximate surface area is 127 Å². The van der Waals surface area contributed by atoms with Gasteiger partial charge in [-0.3, -0.25) is 0 Å². The number of hydrogen-bond donors (Lipinski definition) is 1. The molecule has 1 atom stereocenters. The predicted octanol–water partition coefficient (Wildman–Crippen LogP) is 5.45. The van der Waals surface area contributed by atoms with Crippen LogP contribution in [0.4, 0.5) is 5.69 Å². The average molecular weight is 277 g/mol. The molecule has 1 heteroatoms. The number of benzene rings is 2. The van der Waals surface area contributed by atoms with Gasteiger partial charge in [-0.25, -0.2) is 0 Å². The zero-order valence-electron chi connectivity index (χ0n) is 12.5. The van der Waals surface area contributed by atoms with E-state index < -0.39 is 0 Å². The van der Waals surface area contributed by atoms with Crippen LogP contribution in [0.25, 0.3) is 0 Å². The number of rotatable bonds is 1. The Morgan fingerprint density at radius 3 is 2.19 bits per heavy atom. The van der Waals surface area contributed by atoms with Gasteiger partial charge in [-0.1, -0.05) is 74.2 Å². The fraction of sp³-hybridized carbons (Fsp3) is 0.400. The largest absolute Gasteiger partial charge is 0.377 e. The molecule has 21 heavy (non-hydrogen) atoms. The van der Waals surface area contributed by atoms with Crippen LogP contribution in [0.1, 0.15) is 55.7 Å². The zero-order valence-corrected chi connectivity index (χ0v) is 12.5. The lowest BCUT2D eigenvalue weighted by Gasteiger charge is -2.35. The van der Waals surface area contributed by atoms with Crippen LogP contribution in [0.2, 0.25) is 0 Å². The molecule has 2 aromatic rings. The second kappa shape index (κ2) is 5.22. The van der Waals surface area contributed by atoms with Crippen molar-refractivity contribution in [1.29, 1.82) is 0 Å². The molecule has 0 radical (unpaired) electrons. The molecule has 2 aliphatic rings. The normalized spacial score (nSPS) is 23.3. The predicted molar refractivity (Wildman–Crippen MR) is 88.6 cm³/mol. The van der Waals surface area contributed by atoms with E-state index in [4.69, 9.17) is 0 Å². The Hall–Kier alpha value is -1.76. The molecule has 1 heterocycles. The van der Waals surface area contributed by atoms with Gasteiger partial charge in [0.05, 0.1) is 6.04 Å². The van der Waals surface area contributed by atoms with Gasteiger partial charge in [0.2, 0.25) is 0 Å². The third kappa shape index (κ3) is 2.07. The second-order valence-corrected chi connectivity index (χ2v) is 6.60. The van der Waals surface area contributed by atoms with E-state index in [-0.39, 0.29) is 0 Å². The fourth-order valence-electron chi connectivity index (χ4n) is 4.46. The van der Waals surface area contributed by atoms with Crippen molar-refractivity contribution in [2.24, 2.45) is 0 Å². The van der Waals surface area contributed by atoms with Gasteiger partial charge < -0.3 is 5.32 Å². The number of hydrogen-bond acceptors (Lipinski definition) is 1. The molecule has 1 N–H and O–H groups in total. The Morgan fingerprint density at radius 2 is 1.43 bits per heavy atom. The summed E-state index contributed by atoms with van der Waals surface area (Å²) in [7, 11) is 0. The van der Waals surface area contributed by atoms with E-state index in [2.05, 4.69) is 59.9 Å². The van der Waals surface area contributed by atoms with E-state index >= 15 is 0 Å². The van der Waals surface area contributed by atoms with Crippen molar-refractivity contribution in [1.82, 2.24) is 0 Å². The van der Waals surface area contributed by atoms with E-state index in [9.17, 15) is 0 Å². The minimum Gasteiger partial charge on any atom is -0.377 e. The summed E-state index contributed by atoms with van der Waals surface area (Å²) in [5, 5.41) is 3.84. The monoisotopic (exact) mass is 277 g/mol. The molecule has 1 spiro atoms. The lowest BCUT2D eigenvalue weighted by Crippen LogP contribution is -2.31. The molecule has 0 saturated heterocycles. The van der Waals surface area contributed by atoms with Gasteiger partial charge in [0.15, 0.2) is 0 Å². The van der Waals surface area contributed by atoms with Gasteiger partial charge in [-0.15, -0.1) is 0 Å². The minimum absolute atomic E-state index is 0.300. The van der Waals surface area contributed by atoms with Crippen molar-refractivity contribution in [3.8, 4) is 0 Å². The van der Waals surface area contributed by atoms with Crippen molar-refractivity contribution in [3.63, 3.8) is 0 Å². The molecule has 2 aromatic carbocycles. The molecule has 1 saturated carbocycles. The summed E-state index contributed by atoms with van der Waals surface area (Å²) in [6.07, 6.45) is 8.14. The highest BCUT2D eigenvalue weighted by Gasteiger charge is 2.46. The van der Waals surface area contributed by atoms with Crippen LogP contribution < -0.4 is 5.32 Å². The molecule has 4 rings (SSSR count). The minimum atomic E-state index is 0.300. The highest BCUT2D eigenvalue weighted by atomic mass is 15.0. The first-order valence-corrected chi connectivity index (χ1v) is 8.31. The maximum atomic E-state index is 3.84. The summed E-state index contributed by atoms with van der Waals surface area (Å²) in [6.45, 7) is 0. The lowest BCUT2D eigenvalue weighted by molar-refractivity contribution is 0.338. The molecular formula is C20H23N. The van der Waals surface area contributed by atoms with Gasteiger partial charge in [0.1, 0.15) is 0 Å². The van der Waals surface area contributed by atoms with Gasteiger partial charge in [0, 0.05) is 11.1 Å². The topological polar surface area (TPSA) is 12.0 Å². The molecule has 1 nitrogen and oxygen atoms in total. The molecular weight excluding hydrogens is 254 g/mol. The van der Waals surface area contributed by atoms with E-state index in [1.54, 1.807) is 5.56 Å². The molecule has 1 unspecified atom stereocenters. The van der Waals surface area contributed by atoms with Crippen molar-refractivity contribution in [2.45, 2.75) is 50.0 Å². The van der Waals surface area contributed by atoms with Crippen LogP contribution in [0.5, 0.6) is 0 Å². The van der Waals surface area contributed by atoms with Crippen molar-refractivity contribution in [3.05, 3.63) is 65.7 Å².